The van der Waals surface area contributed by atoms with E-state index in [-0.39, 0.29) is 18.1 Å². The molecule has 0 radical (unpaired) electrons. The molecule has 2 aromatic carbocycles. The Morgan fingerprint density at radius 1 is 1.03 bits per heavy atom. The number of hydrogen-bond acceptors (Lipinski definition) is 5. The van der Waals surface area contributed by atoms with Crippen molar-refractivity contribution >= 4 is 12.1 Å². The molecule has 0 aromatic heterocycles. The van der Waals surface area contributed by atoms with Crippen LogP contribution in [0.4, 0.5) is 4.79 Å². The Morgan fingerprint density at radius 2 is 1.74 bits per heavy atom. The second-order valence-electron chi connectivity index (χ2n) is 8.25. The predicted octanol–water partition coefficient (Wildman–Crippen LogP) is 4.62. The van der Waals surface area contributed by atoms with Crippen molar-refractivity contribution in [2.75, 3.05) is 27.7 Å². The number of benzene rings is 2. The maximum absolute atomic E-state index is 13.2. The minimum absolute atomic E-state index is 0.197. The highest BCUT2D eigenvalue weighted by Gasteiger charge is 2.39. The summed E-state index contributed by atoms with van der Waals surface area (Å²) in [4.78, 5) is 29.7. The molecule has 1 fully saturated rings. The molecule has 0 bridgehead atoms. The number of ether oxygens (including phenoxy) is 2. The van der Waals surface area contributed by atoms with Gasteiger partial charge in [-0.2, -0.15) is 0 Å². The van der Waals surface area contributed by atoms with E-state index < -0.39 is 12.0 Å². The lowest BCUT2D eigenvalue weighted by molar-refractivity contribution is -0.144. The molecule has 1 aliphatic rings. The summed E-state index contributed by atoms with van der Waals surface area (Å²) in [6.45, 7) is 2.65. The van der Waals surface area contributed by atoms with E-state index in [2.05, 4.69) is 11.8 Å². The van der Waals surface area contributed by atoms with Gasteiger partial charge in [0.2, 0.25) is 0 Å². The minimum atomic E-state index is -0.542. The van der Waals surface area contributed by atoms with E-state index in [9.17, 15) is 9.59 Å². The van der Waals surface area contributed by atoms with Crippen LogP contribution in [0.1, 0.15) is 49.3 Å². The Labute approximate surface area is 184 Å². The minimum Gasteiger partial charge on any atom is -0.468 e. The van der Waals surface area contributed by atoms with Crippen LogP contribution < -0.4 is 4.74 Å². The number of carbonyl (C=O) groups is 2. The van der Waals surface area contributed by atoms with Crippen LogP contribution in [0.15, 0.2) is 54.6 Å². The number of likely N-dealkylation sites (tertiary alicyclic amines) is 1. The molecule has 0 aliphatic carbocycles. The van der Waals surface area contributed by atoms with Gasteiger partial charge in [-0.1, -0.05) is 42.5 Å². The first-order chi connectivity index (χ1) is 14.9. The molecule has 3 unspecified atom stereocenters. The van der Waals surface area contributed by atoms with E-state index in [1.807, 2.05) is 62.6 Å². The molecule has 0 spiro atoms. The number of hydrogen-bond donors (Lipinski definition) is 0. The van der Waals surface area contributed by atoms with Crippen LogP contribution in [0.3, 0.4) is 0 Å². The van der Waals surface area contributed by atoms with Crippen molar-refractivity contribution < 1.29 is 19.1 Å². The Bertz CT molecular complexity index is 884. The smallest absolute Gasteiger partial charge is 0.415 e. The third-order valence-corrected chi connectivity index (χ3v) is 6.10. The van der Waals surface area contributed by atoms with Crippen LogP contribution in [0.5, 0.6) is 5.75 Å². The van der Waals surface area contributed by atoms with E-state index in [0.29, 0.717) is 12.3 Å². The van der Waals surface area contributed by atoms with Crippen molar-refractivity contribution in [3.05, 3.63) is 65.7 Å². The summed E-state index contributed by atoms with van der Waals surface area (Å²) >= 11 is 0. The van der Waals surface area contributed by atoms with Crippen LogP contribution in [0, 0.1) is 0 Å². The van der Waals surface area contributed by atoms with Crippen molar-refractivity contribution in [3.63, 3.8) is 0 Å². The number of nitrogens with zero attached hydrogens (tertiary/aromatic N) is 2. The molecular weight excluding hydrogens is 392 g/mol. The first-order valence-corrected chi connectivity index (χ1v) is 10.8. The molecule has 0 saturated carbocycles. The summed E-state index contributed by atoms with van der Waals surface area (Å²) < 4.78 is 10.9. The highest BCUT2D eigenvalue weighted by atomic mass is 16.6. The van der Waals surface area contributed by atoms with Crippen molar-refractivity contribution in [1.82, 2.24) is 9.80 Å². The second-order valence-corrected chi connectivity index (χ2v) is 8.25. The molecule has 0 N–H and O–H groups in total. The largest absolute Gasteiger partial charge is 0.468 e. The summed E-state index contributed by atoms with van der Waals surface area (Å²) in [5.74, 6) is -0.369. The van der Waals surface area contributed by atoms with Crippen LogP contribution >= 0.6 is 0 Å². The van der Waals surface area contributed by atoms with Gasteiger partial charge >= 0.3 is 12.1 Å². The molecule has 2 aromatic rings. The fourth-order valence-corrected chi connectivity index (χ4v) is 4.13. The average Bonchev–Trinajstić information content (AvgIpc) is 2.79. The zero-order chi connectivity index (χ0) is 22.4. The molecule has 31 heavy (non-hydrogen) atoms. The number of esters is 1. The molecule has 3 atom stereocenters. The van der Waals surface area contributed by atoms with Crippen molar-refractivity contribution in [2.24, 2.45) is 0 Å². The zero-order valence-electron chi connectivity index (χ0n) is 18.8. The first-order valence-electron chi connectivity index (χ1n) is 10.8. The van der Waals surface area contributed by atoms with Crippen LogP contribution in [-0.4, -0.2) is 55.7 Å². The molecule has 1 amide bonds. The van der Waals surface area contributed by atoms with E-state index in [4.69, 9.17) is 9.47 Å². The van der Waals surface area contributed by atoms with Crippen LogP contribution in [0.2, 0.25) is 0 Å². The highest BCUT2D eigenvalue weighted by molar-refractivity contribution is 5.81. The normalized spacial score (nSPS) is 18.4. The fraction of sp³-hybridized carbons (Fsp3) is 0.440. The maximum atomic E-state index is 13.2. The van der Waals surface area contributed by atoms with Gasteiger partial charge in [0.15, 0.2) is 0 Å². The van der Waals surface area contributed by atoms with Gasteiger partial charge in [-0.15, -0.1) is 0 Å². The highest BCUT2D eigenvalue weighted by Crippen LogP contribution is 2.32. The summed E-state index contributed by atoms with van der Waals surface area (Å²) in [5, 5.41) is 0. The van der Waals surface area contributed by atoms with Gasteiger partial charge in [0.1, 0.15) is 11.7 Å². The van der Waals surface area contributed by atoms with Gasteiger partial charge in [-0.25, -0.2) is 4.79 Å². The zero-order valence-corrected chi connectivity index (χ0v) is 18.8. The number of amides is 1. The van der Waals surface area contributed by atoms with Crippen LogP contribution in [0.25, 0.3) is 0 Å². The summed E-state index contributed by atoms with van der Waals surface area (Å²) in [6.07, 6.45) is 2.13. The SMILES string of the molecule is COC(=O)C(c1ccccc1)C1CCCCN1C(=O)Oc1cccc(C(C)N(C)C)c1. The first kappa shape index (κ1) is 22.8. The fourth-order valence-electron chi connectivity index (χ4n) is 4.13. The molecule has 1 heterocycles. The summed E-state index contributed by atoms with van der Waals surface area (Å²) in [7, 11) is 5.41. The quantitative estimate of drug-likeness (QED) is 0.634. The van der Waals surface area contributed by atoms with Gasteiger partial charge < -0.3 is 19.3 Å². The van der Waals surface area contributed by atoms with Gasteiger partial charge in [-0.05, 0) is 63.5 Å². The Kier molecular flexibility index (Phi) is 7.69. The third kappa shape index (κ3) is 5.44. The number of carbonyl (C=O) groups excluding carboxylic acids is 2. The van der Waals surface area contributed by atoms with Gasteiger partial charge in [-0.3, -0.25) is 4.79 Å². The Balaban J connectivity index is 1.83. The second kappa shape index (κ2) is 10.4. The van der Waals surface area contributed by atoms with E-state index in [1.54, 1.807) is 11.0 Å². The van der Waals surface area contributed by atoms with Gasteiger partial charge in [0.05, 0.1) is 13.2 Å². The predicted molar refractivity (Wildman–Crippen MR) is 120 cm³/mol. The summed E-state index contributed by atoms with van der Waals surface area (Å²) in [6, 6.07) is 17.0. The monoisotopic (exact) mass is 424 g/mol. The molecule has 3 rings (SSSR count). The van der Waals surface area contributed by atoms with E-state index in [1.165, 1.54) is 7.11 Å². The van der Waals surface area contributed by atoms with Crippen molar-refractivity contribution in [2.45, 2.75) is 44.2 Å². The van der Waals surface area contributed by atoms with E-state index >= 15 is 0 Å². The number of rotatable bonds is 6. The standard InChI is InChI=1S/C25H32N2O4/c1-18(26(2)3)20-13-10-14-21(17-20)31-25(29)27-16-9-8-15-22(27)23(24(28)30-4)19-11-6-5-7-12-19/h5-7,10-14,17-18,22-23H,8-9,15-16H2,1-4H3. The van der Waals surface area contributed by atoms with E-state index in [0.717, 1.165) is 30.4 Å². The maximum Gasteiger partial charge on any atom is 0.415 e. The lowest BCUT2D eigenvalue weighted by Gasteiger charge is -2.38. The topological polar surface area (TPSA) is 59.1 Å². The molecule has 6 heteroatoms. The Morgan fingerprint density at radius 3 is 2.42 bits per heavy atom. The summed E-state index contributed by atoms with van der Waals surface area (Å²) in [5.41, 5.74) is 1.92. The molecule has 6 nitrogen and oxygen atoms in total. The number of piperidine rings is 1. The molecule has 1 aliphatic heterocycles. The van der Waals surface area contributed by atoms with Gasteiger partial charge in [0.25, 0.3) is 0 Å². The molecular formula is C25H32N2O4. The van der Waals surface area contributed by atoms with Crippen LogP contribution in [-0.2, 0) is 9.53 Å². The van der Waals surface area contributed by atoms with Crippen molar-refractivity contribution in [3.8, 4) is 5.75 Å². The average molecular weight is 425 g/mol. The van der Waals surface area contributed by atoms with Crippen molar-refractivity contribution in [1.29, 1.82) is 0 Å². The Hall–Kier alpha value is -2.86. The number of methoxy groups -OCH3 is 1. The molecule has 1 saturated heterocycles. The van der Waals surface area contributed by atoms with Gasteiger partial charge in [0, 0.05) is 12.6 Å². The lowest BCUT2D eigenvalue weighted by Crippen LogP contribution is -2.49. The lowest BCUT2D eigenvalue weighted by atomic mass is 9.85. The molecule has 166 valence electrons. The third-order valence-electron chi connectivity index (χ3n) is 6.10.